The molecule has 0 spiro atoms. The number of fused-ring (bicyclic) bond motifs is 1. The van der Waals surface area contributed by atoms with Crippen molar-refractivity contribution in [3.8, 4) is 11.3 Å². The molecule has 41 heavy (non-hydrogen) atoms. The van der Waals surface area contributed by atoms with Crippen molar-refractivity contribution < 1.29 is 13.3 Å². The van der Waals surface area contributed by atoms with Crippen LogP contribution in [-0.4, -0.2) is 42.0 Å². The minimum Gasteiger partial charge on any atom is -0.321 e. The molecular formula is C27H19ClN8O4S. The maximum Gasteiger partial charge on any atom is 0.287 e. The summed E-state index contributed by atoms with van der Waals surface area (Å²) in [6.07, 6.45) is 7.43. The molecule has 0 radical (unpaired) electrons. The SMILES string of the molecule is O=[N+]([O-])c1ccc(Cn2cc(Nc3ncc(Cl)c(-c4cn(S(=O)(=O)c5ccccc5)c5ccccc45)n3)cn2)nc1. The summed E-state index contributed by atoms with van der Waals surface area (Å²) in [5.74, 6) is 0.222. The van der Waals surface area contributed by atoms with Crippen molar-refractivity contribution in [2.75, 3.05) is 5.32 Å². The molecule has 0 unspecified atom stereocenters. The van der Waals surface area contributed by atoms with Gasteiger partial charge in [0.25, 0.3) is 15.7 Å². The van der Waals surface area contributed by atoms with E-state index in [1.54, 1.807) is 65.6 Å². The van der Waals surface area contributed by atoms with Gasteiger partial charge in [0, 0.05) is 29.4 Å². The predicted molar refractivity (Wildman–Crippen MR) is 153 cm³/mol. The zero-order valence-electron chi connectivity index (χ0n) is 21.0. The highest BCUT2D eigenvalue weighted by Crippen LogP contribution is 2.36. The van der Waals surface area contributed by atoms with Crippen molar-refractivity contribution in [1.29, 1.82) is 0 Å². The maximum absolute atomic E-state index is 13.5. The van der Waals surface area contributed by atoms with E-state index in [0.717, 1.165) is 0 Å². The summed E-state index contributed by atoms with van der Waals surface area (Å²) in [5.41, 5.74) is 2.44. The third-order valence-corrected chi connectivity index (χ3v) is 8.18. The number of anilines is 2. The van der Waals surface area contributed by atoms with Gasteiger partial charge in [-0.05, 0) is 24.3 Å². The molecule has 204 valence electrons. The van der Waals surface area contributed by atoms with Crippen LogP contribution in [-0.2, 0) is 16.6 Å². The minimum atomic E-state index is -3.89. The van der Waals surface area contributed by atoms with Crippen LogP contribution in [0.2, 0.25) is 5.02 Å². The summed E-state index contributed by atoms with van der Waals surface area (Å²) in [4.78, 5) is 23.5. The summed E-state index contributed by atoms with van der Waals surface area (Å²) in [6.45, 7) is 0.293. The van der Waals surface area contributed by atoms with Crippen molar-refractivity contribution >= 4 is 49.9 Å². The Balaban J connectivity index is 1.31. The molecule has 0 atom stereocenters. The Morgan fingerprint density at radius 3 is 2.46 bits per heavy atom. The van der Waals surface area contributed by atoms with Crippen molar-refractivity contribution in [2.45, 2.75) is 11.4 Å². The molecule has 14 heteroatoms. The van der Waals surface area contributed by atoms with Crippen LogP contribution in [0.1, 0.15) is 5.69 Å². The lowest BCUT2D eigenvalue weighted by Gasteiger charge is -2.07. The monoisotopic (exact) mass is 586 g/mol. The average molecular weight is 587 g/mol. The van der Waals surface area contributed by atoms with Crippen molar-refractivity contribution in [3.63, 3.8) is 0 Å². The predicted octanol–water partition coefficient (Wildman–Crippen LogP) is 5.28. The smallest absolute Gasteiger partial charge is 0.287 e. The van der Waals surface area contributed by atoms with Gasteiger partial charge in [0.05, 0.1) is 56.4 Å². The minimum absolute atomic E-state index is 0.0898. The van der Waals surface area contributed by atoms with Crippen LogP contribution in [0.5, 0.6) is 0 Å². The lowest BCUT2D eigenvalue weighted by molar-refractivity contribution is -0.385. The quantitative estimate of drug-likeness (QED) is 0.185. The summed E-state index contributed by atoms with van der Waals surface area (Å²) >= 11 is 6.52. The van der Waals surface area contributed by atoms with E-state index in [9.17, 15) is 18.5 Å². The Hall–Kier alpha value is -5.14. The van der Waals surface area contributed by atoms with Gasteiger partial charge in [-0.1, -0.05) is 48.0 Å². The molecule has 2 aromatic carbocycles. The van der Waals surface area contributed by atoms with Gasteiger partial charge in [-0.15, -0.1) is 0 Å². The number of pyridine rings is 1. The molecule has 0 bridgehead atoms. The molecular weight excluding hydrogens is 568 g/mol. The second kappa shape index (κ2) is 10.4. The number of benzene rings is 2. The van der Waals surface area contributed by atoms with Crippen LogP contribution < -0.4 is 5.32 Å². The van der Waals surface area contributed by atoms with E-state index < -0.39 is 14.9 Å². The Morgan fingerprint density at radius 1 is 0.927 bits per heavy atom. The second-order valence-corrected chi connectivity index (χ2v) is 11.1. The number of hydrogen-bond acceptors (Lipinski definition) is 9. The fourth-order valence-corrected chi connectivity index (χ4v) is 5.87. The summed E-state index contributed by atoms with van der Waals surface area (Å²) in [5, 5.41) is 19.1. The highest BCUT2D eigenvalue weighted by Gasteiger charge is 2.23. The van der Waals surface area contributed by atoms with Gasteiger partial charge in [0.1, 0.15) is 6.20 Å². The molecule has 0 aliphatic rings. The maximum atomic E-state index is 13.5. The first-order chi connectivity index (χ1) is 19.8. The number of para-hydroxylation sites is 1. The molecule has 0 aliphatic heterocycles. The van der Waals surface area contributed by atoms with E-state index in [-0.39, 0.29) is 21.6 Å². The normalized spacial score (nSPS) is 11.5. The molecule has 12 nitrogen and oxygen atoms in total. The van der Waals surface area contributed by atoms with Crippen LogP contribution in [0, 0.1) is 10.1 Å². The van der Waals surface area contributed by atoms with Gasteiger partial charge in [-0.3, -0.25) is 19.8 Å². The number of halogens is 1. The Bertz CT molecular complexity index is 2010. The molecule has 0 saturated carbocycles. The molecule has 4 aromatic heterocycles. The third-order valence-electron chi connectivity index (χ3n) is 6.21. The molecule has 0 saturated heterocycles. The fourth-order valence-electron chi connectivity index (χ4n) is 4.29. The topological polar surface area (TPSA) is 151 Å². The molecule has 6 rings (SSSR count). The first-order valence-corrected chi connectivity index (χ1v) is 13.9. The van der Waals surface area contributed by atoms with Crippen molar-refractivity contribution in [3.05, 3.63) is 119 Å². The van der Waals surface area contributed by atoms with Gasteiger partial charge in [0.2, 0.25) is 5.95 Å². The first kappa shape index (κ1) is 26.1. The van der Waals surface area contributed by atoms with Crippen LogP contribution in [0.4, 0.5) is 17.3 Å². The number of nitro groups is 1. The highest BCUT2D eigenvalue weighted by molar-refractivity contribution is 7.90. The molecule has 6 aromatic rings. The van der Waals surface area contributed by atoms with Crippen LogP contribution >= 0.6 is 11.6 Å². The Labute approximate surface area is 238 Å². The van der Waals surface area contributed by atoms with Crippen LogP contribution in [0.25, 0.3) is 22.2 Å². The molecule has 0 fully saturated rings. The highest BCUT2D eigenvalue weighted by atomic mass is 35.5. The standard InChI is InChI=1S/C27H19ClN8O4S/c28-24-14-30-27(32-19-12-31-34(16-19)15-18-10-11-20(13-29-18)36(37)38)33-26(24)23-17-35(25-9-5-4-8-22(23)25)41(39,40)21-6-2-1-3-7-21/h1-14,16-17H,15H2,(H,30,32,33). The lowest BCUT2D eigenvalue weighted by atomic mass is 10.1. The van der Waals surface area contributed by atoms with Gasteiger partial charge in [0.15, 0.2) is 0 Å². The molecule has 1 N–H and O–H groups in total. The van der Waals surface area contributed by atoms with Crippen molar-refractivity contribution in [2.24, 2.45) is 0 Å². The molecule has 0 aliphatic carbocycles. The van der Waals surface area contributed by atoms with Gasteiger partial charge < -0.3 is 5.32 Å². The number of aromatic nitrogens is 6. The average Bonchev–Trinajstić information content (AvgIpc) is 3.59. The number of nitrogens with one attached hydrogen (secondary N) is 1. The summed E-state index contributed by atoms with van der Waals surface area (Å²) < 4.78 is 29.9. The van der Waals surface area contributed by atoms with Crippen LogP contribution in [0.3, 0.4) is 0 Å². The van der Waals surface area contributed by atoms with E-state index in [4.69, 9.17) is 11.6 Å². The summed E-state index contributed by atoms with van der Waals surface area (Å²) in [6, 6.07) is 18.2. The zero-order chi connectivity index (χ0) is 28.6. The van der Waals surface area contributed by atoms with E-state index in [0.29, 0.717) is 40.1 Å². The van der Waals surface area contributed by atoms with Gasteiger partial charge >= 0.3 is 0 Å². The Morgan fingerprint density at radius 2 is 1.71 bits per heavy atom. The number of rotatable bonds is 8. The summed E-state index contributed by atoms with van der Waals surface area (Å²) in [7, 11) is -3.89. The first-order valence-electron chi connectivity index (χ1n) is 12.1. The number of nitrogens with zero attached hydrogens (tertiary/aromatic N) is 7. The lowest BCUT2D eigenvalue weighted by Crippen LogP contribution is -2.11. The van der Waals surface area contributed by atoms with Gasteiger partial charge in [-0.2, -0.15) is 5.10 Å². The molecule has 0 amide bonds. The largest absolute Gasteiger partial charge is 0.321 e. The third kappa shape index (κ3) is 5.11. The van der Waals surface area contributed by atoms with E-state index >= 15 is 0 Å². The van der Waals surface area contributed by atoms with E-state index in [2.05, 4.69) is 25.4 Å². The van der Waals surface area contributed by atoms with Gasteiger partial charge in [-0.25, -0.2) is 22.4 Å². The van der Waals surface area contributed by atoms with E-state index in [1.807, 2.05) is 12.1 Å². The fraction of sp³-hybridized carbons (Fsp3) is 0.0370. The molecule has 4 heterocycles. The second-order valence-electron chi connectivity index (χ2n) is 8.88. The van der Waals surface area contributed by atoms with Crippen molar-refractivity contribution in [1.82, 2.24) is 28.7 Å². The van der Waals surface area contributed by atoms with E-state index in [1.165, 1.54) is 28.6 Å². The number of hydrogen-bond donors (Lipinski definition) is 1. The Kier molecular flexibility index (Phi) is 6.65. The van der Waals surface area contributed by atoms with Crippen LogP contribution in [0.15, 0.2) is 103 Å². The zero-order valence-corrected chi connectivity index (χ0v) is 22.6.